The predicted molar refractivity (Wildman–Crippen MR) is 67.1 cm³/mol. The number of rotatable bonds is 3. The fraction of sp³-hybridized carbons (Fsp3) is 0.500. The van der Waals surface area contributed by atoms with Crippen LogP contribution in [-0.2, 0) is 6.42 Å². The van der Waals surface area contributed by atoms with Gasteiger partial charge in [0.15, 0.2) is 0 Å². The number of nitrogens with zero attached hydrogens (tertiary/aromatic N) is 2. The van der Waals surface area contributed by atoms with Crippen molar-refractivity contribution in [1.29, 1.82) is 5.26 Å². The Morgan fingerprint density at radius 2 is 2.35 bits per heavy atom. The number of ether oxygens (including phenoxy) is 1. The number of fused-ring (bicyclic) bond motifs is 1. The Kier molecular flexibility index (Phi) is 3.65. The summed E-state index contributed by atoms with van der Waals surface area (Å²) in [5.41, 5.74) is 1.87. The van der Waals surface area contributed by atoms with E-state index in [0.717, 1.165) is 37.3 Å². The third kappa shape index (κ3) is 2.59. The molecule has 1 heterocycles. The average molecular weight is 230 g/mol. The van der Waals surface area contributed by atoms with Gasteiger partial charge in [-0.2, -0.15) is 5.26 Å². The third-order valence-electron chi connectivity index (χ3n) is 3.28. The zero-order chi connectivity index (χ0) is 12.3. The van der Waals surface area contributed by atoms with Gasteiger partial charge in [-0.05, 0) is 50.2 Å². The average Bonchev–Trinajstić information content (AvgIpc) is 2.37. The molecule has 0 spiro atoms. The maximum absolute atomic E-state index is 8.90. The lowest BCUT2D eigenvalue weighted by Crippen LogP contribution is -2.41. The molecule has 0 radical (unpaired) electrons. The highest BCUT2D eigenvalue weighted by Crippen LogP contribution is 2.27. The highest BCUT2D eigenvalue weighted by Gasteiger charge is 2.22. The van der Waals surface area contributed by atoms with Gasteiger partial charge in [-0.15, -0.1) is 0 Å². The molecule has 0 amide bonds. The smallest absolute Gasteiger partial charge is 0.122 e. The molecule has 90 valence electrons. The van der Waals surface area contributed by atoms with Crippen LogP contribution in [0.1, 0.15) is 24.5 Å². The van der Waals surface area contributed by atoms with Gasteiger partial charge in [-0.25, -0.2) is 0 Å². The largest absolute Gasteiger partial charge is 0.492 e. The second kappa shape index (κ2) is 5.20. The molecule has 1 atom stereocenters. The highest BCUT2D eigenvalue weighted by atomic mass is 16.5. The summed E-state index contributed by atoms with van der Waals surface area (Å²) < 4.78 is 5.75. The first kappa shape index (κ1) is 11.9. The molecule has 0 aliphatic carbocycles. The predicted octanol–water partition coefficient (Wildman–Crippen LogP) is 2.20. The topological polar surface area (TPSA) is 36.3 Å². The van der Waals surface area contributed by atoms with Crippen LogP contribution < -0.4 is 4.74 Å². The number of benzene rings is 1. The van der Waals surface area contributed by atoms with E-state index in [0.29, 0.717) is 11.6 Å². The Morgan fingerprint density at radius 1 is 1.53 bits per heavy atom. The van der Waals surface area contributed by atoms with Gasteiger partial charge in [0.05, 0.1) is 11.6 Å². The van der Waals surface area contributed by atoms with Crippen molar-refractivity contribution in [2.24, 2.45) is 0 Å². The van der Waals surface area contributed by atoms with Crippen LogP contribution in [0.15, 0.2) is 18.2 Å². The van der Waals surface area contributed by atoms with Gasteiger partial charge in [0.2, 0.25) is 0 Å². The molecule has 3 heteroatoms. The van der Waals surface area contributed by atoms with Crippen LogP contribution in [0.5, 0.6) is 5.75 Å². The number of hydrogen-bond acceptors (Lipinski definition) is 3. The molecule has 0 fully saturated rings. The fourth-order valence-electron chi connectivity index (χ4n) is 2.27. The molecule has 0 saturated carbocycles. The Bertz CT molecular complexity index is 436. The Balaban J connectivity index is 2.14. The molecule has 1 aromatic rings. The van der Waals surface area contributed by atoms with Crippen molar-refractivity contribution in [2.75, 3.05) is 20.2 Å². The van der Waals surface area contributed by atoms with Gasteiger partial charge in [0.25, 0.3) is 0 Å². The van der Waals surface area contributed by atoms with E-state index in [1.807, 2.05) is 18.2 Å². The molecule has 1 aromatic carbocycles. The summed E-state index contributed by atoms with van der Waals surface area (Å²) in [7, 11) is 2.14. The van der Waals surface area contributed by atoms with Gasteiger partial charge in [0.1, 0.15) is 12.4 Å². The summed E-state index contributed by atoms with van der Waals surface area (Å²) in [4.78, 5) is 2.34. The molecule has 0 saturated heterocycles. The van der Waals surface area contributed by atoms with Crippen LogP contribution in [0.3, 0.4) is 0 Å². The molecule has 1 aliphatic rings. The molecule has 17 heavy (non-hydrogen) atoms. The lowest BCUT2D eigenvalue weighted by atomic mass is 9.99. The molecule has 3 nitrogen and oxygen atoms in total. The standard InChI is InChI=1S/C14H18N2O/c1-3-6-16(2)13-8-12-7-11(9-15)4-5-14(12)17-10-13/h4-5,7,13H,3,6,8,10H2,1-2H3/t13-/m0/s1. The quantitative estimate of drug-likeness (QED) is 0.798. The molecular formula is C14H18N2O. The lowest BCUT2D eigenvalue weighted by Gasteiger charge is -2.32. The monoisotopic (exact) mass is 230 g/mol. The normalized spacial score (nSPS) is 18.4. The van der Waals surface area contributed by atoms with Crippen LogP contribution in [0, 0.1) is 11.3 Å². The first-order valence-corrected chi connectivity index (χ1v) is 6.10. The third-order valence-corrected chi connectivity index (χ3v) is 3.28. The van der Waals surface area contributed by atoms with E-state index in [-0.39, 0.29) is 0 Å². The van der Waals surface area contributed by atoms with Crippen molar-refractivity contribution in [2.45, 2.75) is 25.8 Å². The van der Waals surface area contributed by atoms with E-state index in [1.165, 1.54) is 0 Å². The van der Waals surface area contributed by atoms with Gasteiger partial charge < -0.3 is 4.74 Å². The van der Waals surface area contributed by atoms with Crippen LogP contribution in [0.4, 0.5) is 0 Å². The van der Waals surface area contributed by atoms with E-state index in [9.17, 15) is 0 Å². The minimum absolute atomic E-state index is 0.427. The summed E-state index contributed by atoms with van der Waals surface area (Å²) >= 11 is 0. The van der Waals surface area contributed by atoms with Crippen LogP contribution in [-0.4, -0.2) is 31.1 Å². The lowest BCUT2D eigenvalue weighted by molar-refractivity contribution is 0.143. The first-order valence-electron chi connectivity index (χ1n) is 6.10. The van der Waals surface area contributed by atoms with Crippen LogP contribution in [0.2, 0.25) is 0 Å². The molecule has 0 N–H and O–H groups in total. The van der Waals surface area contributed by atoms with Crippen molar-refractivity contribution in [3.05, 3.63) is 29.3 Å². The summed E-state index contributed by atoms with van der Waals surface area (Å²) in [6.07, 6.45) is 2.12. The molecule has 0 bridgehead atoms. The second-order valence-electron chi connectivity index (χ2n) is 4.58. The van der Waals surface area contributed by atoms with Crippen LogP contribution >= 0.6 is 0 Å². The minimum Gasteiger partial charge on any atom is -0.492 e. The van der Waals surface area contributed by atoms with Crippen molar-refractivity contribution in [3.63, 3.8) is 0 Å². The van der Waals surface area contributed by atoms with Crippen molar-refractivity contribution < 1.29 is 4.74 Å². The van der Waals surface area contributed by atoms with E-state index < -0.39 is 0 Å². The first-order chi connectivity index (χ1) is 8.24. The maximum Gasteiger partial charge on any atom is 0.122 e. The SMILES string of the molecule is CCCN(C)[C@@H]1COc2ccc(C#N)cc2C1. The van der Waals surface area contributed by atoms with Crippen molar-refractivity contribution in [1.82, 2.24) is 4.90 Å². The van der Waals surface area contributed by atoms with Gasteiger partial charge in [-0.1, -0.05) is 6.92 Å². The van der Waals surface area contributed by atoms with Gasteiger partial charge in [-0.3, -0.25) is 4.90 Å². The number of nitriles is 1. The Labute approximate surface area is 103 Å². The number of likely N-dealkylation sites (N-methyl/N-ethyl adjacent to an activating group) is 1. The van der Waals surface area contributed by atoms with Gasteiger partial charge in [0, 0.05) is 6.04 Å². The van der Waals surface area contributed by atoms with Crippen molar-refractivity contribution >= 4 is 0 Å². The fourth-order valence-corrected chi connectivity index (χ4v) is 2.27. The molecule has 1 aliphatic heterocycles. The van der Waals surface area contributed by atoms with E-state index in [4.69, 9.17) is 10.00 Å². The summed E-state index contributed by atoms with van der Waals surface area (Å²) in [6.45, 7) is 4.01. The second-order valence-corrected chi connectivity index (χ2v) is 4.58. The maximum atomic E-state index is 8.90. The summed E-state index contributed by atoms with van der Waals surface area (Å²) in [5, 5.41) is 8.90. The summed E-state index contributed by atoms with van der Waals surface area (Å²) in [6, 6.07) is 8.27. The van der Waals surface area contributed by atoms with Crippen LogP contribution in [0.25, 0.3) is 0 Å². The van der Waals surface area contributed by atoms with E-state index in [2.05, 4.69) is 24.9 Å². The molecule has 0 aromatic heterocycles. The Morgan fingerprint density at radius 3 is 3.06 bits per heavy atom. The molecule has 2 rings (SSSR count). The van der Waals surface area contributed by atoms with E-state index in [1.54, 1.807) is 0 Å². The number of hydrogen-bond donors (Lipinski definition) is 0. The van der Waals surface area contributed by atoms with E-state index >= 15 is 0 Å². The minimum atomic E-state index is 0.427. The molecule has 0 unspecified atom stereocenters. The Hall–Kier alpha value is -1.53. The van der Waals surface area contributed by atoms with Gasteiger partial charge >= 0.3 is 0 Å². The zero-order valence-electron chi connectivity index (χ0n) is 10.4. The summed E-state index contributed by atoms with van der Waals surface area (Å²) in [5.74, 6) is 0.935. The zero-order valence-corrected chi connectivity index (χ0v) is 10.4. The highest BCUT2D eigenvalue weighted by molar-refractivity contribution is 5.43. The molecular weight excluding hydrogens is 212 g/mol. The van der Waals surface area contributed by atoms with Crippen molar-refractivity contribution in [3.8, 4) is 11.8 Å².